The summed E-state index contributed by atoms with van der Waals surface area (Å²) in [6, 6.07) is 9.45. The third kappa shape index (κ3) is 11.1. The first kappa shape index (κ1) is 54.5. The molecule has 2 aromatic carbocycles. The number of hydrogen-bond donors (Lipinski definition) is 6. The van der Waals surface area contributed by atoms with Crippen molar-refractivity contribution in [3.8, 4) is 17.6 Å². The maximum Gasteiger partial charge on any atom is 0.315 e. The molecule has 2 unspecified atom stereocenters. The second-order valence-electron chi connectivity index (χ2n) is 21.7. The predicted octanol–water partition coefficient (Wildman–Crippen LogP) is 6.09. The number of hydrogen-bond acceptors (Lipinski definition) is 16. The SMILES string of the molecule is C/C1=C/C=C/C(C)[C@H](O)[C@@H](C)C(O)[C@@H](C)[C@H](OC(=O)CC(=O)N2CCC(Nc3ccccc3C#N)CC2)CC/C=C/O[C@@]2(C)Oc3c(C)c(O)c4c(c3C2=O)C2=NC3(CCN(CC(C)C)CC3)NC2=C(NC1=O)C4=O. The lowest BCUT2D eigenvalue weighted by molar-refractivity contribution is -0.159. The van der Waals surface area contributed by atoms with Gasteiger partial charge in [-0.3, -0.25) is 29.0 Å². The van der Waals surface area contributed by atoms with Crippen LogP contribution in [0.1, 0.15) is 131 Å². The zero-order valence-corrected chi connectivity index (χ0v) is 44.2. The molecule has 18 nitrogen and oxygen atoms in total. The van der Waals surface area contributed by atoms with E-state index >= 15 is 0 Å². The van der Waals surface area contributed by atoms with Crippen LogP contribution in [0.2, 0.25) is 0 Å². The highest BCUT2D eigenvalue weighted by Crippen LogP contribution is 2.50. The van der Waals surface area contributed by atoms with Crippen molar-refractivity contribution in [2.24, 2.45) is 28.7 Å². The molecule has 0 radical (unpaired) electrons. The van der Waals surface area contributed by atoms with Crippen LogP contribution >= 0.6 is 0 Å². The number of nitrogens with zero attached hydrogens (tertiary/aromatic N) is 4. The number of ketones is 2. The Kier molecular flexibility index (Phi) is 16.1. The number of amides is 2. The van der Waals surface area contributed by atoms with Crippen LogP contribution in [0, 0.1) is 41.9 Å². The molecule has 6 aliphatic heterocycles. The number of rotatable bonds is 7. The van der Waals surface area contributed by atoms with Crippen LogP contribution in [0.5, 0.6) is 11.5 Å². The summed E-state index contributed by atoms with van der Waals surface area (Å²) >= 11 is 0. The molecule has 6 heterocycles. The number of allylic oxidation sites excluding steroid dienone is 5. The molecule has 400 valence electrons. The largest absolute Gasteiger partial charge is 0.507 e. The van der Waals surface area contributed by atoms with Gasteiger partial charge in [0.25, 0.3) is 11.7 Å². The number of esters is 1. The standard InChI is InChI=1S/C57H71N7O11/c1-31(2)30-63-25-21-57(22-26-63)61-46-43-44-51(69)36(7)53-45(43)54(71)56(8,75-53)73-27-12-11-18-40(74-42(66)28-41(65)64-23-19-38(20-24-64)59-39-17-10-9-16-37(39)29-58)34(5)50(68)35(6)49(67)32(3)14-13-15-33(4)55(72)60-48(52(44)70)47(46)62-57/h9-10,12-17,27,31-32,34-35,38,40,49-50,59,62,67-69H,11,18-26,28,30H2,1-8H3,(H,60,72)/b14-13+,27-12+,33-15-/t32?,34-,35+,40+,49-,50?,56-/m0/s1. The number of nitriles is 1. The zero-order valence-electron chi connectivity index (χ0n) is 44.2. The summed E-state index contributed by atoms with van der Waals surface area (Å²) in [5, 5.41) is 54.4. The van der Waals surface area contributed by atoms with Gasteiger partial charge in [0, 0.05) is 93.0 Å². The lowest BCUT2D eigenvalue weighted by Crippen LogP contribution is -2.50. The number of likely N-dealkylation sites (tertiary alicyclic amines) is 2. The van der Waals surface area contributed by atoms with E-state index < -0.39 is 89.0 Å². The number of para-hydroxylation sites is 1. The minimum atomic E-state index is -1.97. The van der Waals surface area contributed by atoms with Gasteiger partial charge in [0.2, 0.25) is 11.7 Å². The lowest BCUT2D eigenvalue weighted by Gasteiger charge is -2.38. The van der Waals surface area contributed by atoms with E-state index in [4.69, 9.17) is 19.2 Å². The summed E-state index contributed by atoms with van der Waals surface area (Å²) in [5.41, 5.74) is 0.959. The molecule has 7 atom stereocenters. The van der Waals surface area contributed by atoms with Gasteiger partial charge in [0.1, 0.15) is 41.5 Å². The Morgan fingerprint density at radius 3 is 2.37 bits per heavy atom. The number of Topliss-reactive ketones (excluding diaryl/α,β-unsaturated/α-hetero) is 2. The summed E-state index contributed by atoms with van der Waals surface area (Å²) in [7, 11) is 0. The Hall–Kier alpha value is -6.81. The van der Waals surface area contributed by atoms with Crippen molar-refractivity contribution >= 4 is 40.7 Å². The topological polar surface area (TPSA) is 252 Å². The van der Waals surface area contributed by atoms with Crippen molar-refractivity contribution in [3.05, 3.63) is 99.6 Å². The highest BCUT2D eigenvalue weighted by atomic mass is 16.7. The molecule has 7 aliphatic rings. The Morgan fingerprint density at radius 2 is 1.68 bits per heavy atom. The number of aliphatic hydroxyl groups excluding tert-OH is 2. The molecule has 5 bridgehead atoms. The number of fused-ring (bicyclic) bond motifs is 13. The number of aromatic hydroxyl groups is 1. The monoisotopic (exact) mass is 1030 g/mol. The van der Waals surface area contributed by atoms with Gasteiger partial charge < -0.3 is 55.3 Å². The predicted molar refractivity (Wildman–Crippen MR) is 279 cm³/mol. The number of phenolic OH excluding ortho intramolecular Hbond substituents is 1. The Bertz CT molecular complexity index is 2810. The lowest BCUT2D eigenvalue weighted by atomic mass is 9.81. The molecule has 2 fully saturated rings. The van der Waals surface area contributed by atoms with E-state index in [0.717, 1.165) is 12.2 Å². The van der Waals surface area contributed by atoms with E-state index in [0.29, 0.717) is 63.3 Å². The molecule has 18 heteroatoms. The van der Waals surface area contributed by atoms with E-state index in [2.05, 4.69) is 40.8 Å². The van der Waals surface area contributed by atoms with E-state index in [1.54, 1.807) is 69.0 Å². The Labute approximate surface area is 438 Å². The number of aliphatic hydroxyl groups is 2. The highest BCUT2D eigenvalue weighted by molar-refractivity contribution is 6.34. The van der Waals surface area contributed by atoms with Crippen LogP contribution in [0.25, 0.3) is 0 Å². The highest BCUT2D eigenvalue weighted by Gasteiger charge is 2.54. The van der Waals surface area contributed by atoms with Crippen LogP contribution in [0.3, 0.4) is 0 Å². The van der Waals surface area contributed by atoms with Crippen molar-refractivity contribution < 1.29 is 53.5 Å². The molecule has 1 aliphatic carbocycles. The first-order chi connectivity index (χ1) is 35.7. The van der Waals surface area contributed by atoms with Crippen LogP contribution in [-0.2, 0) is 23.9 Å². The van der Waals surface area contributed by atoms with E-state index in [9.17, 15) is 44.6 Å². The second kappa shape index (κ2) is 22.2. The summed E-state index contributed by atoms with van der Waals surface area (Å²) in [6.45, 7) is 17.1. The number of anilines is 1. The van der Waals surface area contributed by atoms with Crippen LogP contribution in [0.4, 0.5) is 5.69 Å². The Balaban J connectivity index is 1.06. The van der Waals surface area contributed by atoms with Crippen molar-refractivity contribution in [1.82, 2.24) is 20.4 Å². The van der Waals surface area contributed by atoms with Gasteiger partial charge in [-0.05, 0) is 63.7 Å². The molecule has 75 heavy (non-hydrogen) atoms. The number of carbonyl (C=O) groups is 5. The van der Waals surface area contributed by atoms with Crippen LogP contribution in [0.15, 0.2) is 76.8 Å². The average Bonchev–Trinajstić information content (AvgIpc) is 3.88. The zero-order chi connectivity index (χ0) is 54.1. The minimum Gasteiger partial charge on any atom is -0.507 e. The molecule has 2 amide bonds. The number of carbonyl (C=O) groups excluding carboxylic acids is 5. The molecule has 2 aromatic rings. The van der Waals surface area contributed by atoms with Crippen molar-refractivity contribution in [3.63, 3.8) is 0 Å². The number of piperidine rings is 2. The fourth-order valence-electron chi connectivity index (χ4n) is 11.1. The van der Waals surface area contributed by atoms with E-state index in [1.165, 1.54) is 20.1 Å². The molecule has 6 N–H and O–H groups in total. The Morgan fingerprint density at radius 1 is 0.973 bits per heavy atom. The average molecular weight is 1030 g/mol. The molecular formula is C57H71N7O11. The maximum absolute atomic E-state index is 14.8. The molecular weight excluding hydrogens is 959 g/mol. The smallest absolute Gasteiger partial charge is 0.315 e. The van der Waals surface area contributed by atoms with Gasteiger partial charge >= 0.3 is 11.8 Å². The van der Waals surface area contributed by atoms with Gasteiger partial charge in [-0.15, -0.1) is 0 Å². The second-order valence-corrected chi connectivity index (χ2v) is 21.7. The fraction of sp³-hybridized carbons (Fsp3) is 0.526. The van der Waals surface area contributed by atoms with Gasteiger partial charge in [-0.25, -0.2) is 0 Å². The van der Waals surface area contributed by atoms with E-state index in [-0.39, 0.29) is 69.6 Å². The number of nitrogens with one attached hydrogen (secondary N) is 3. The van der Waals surface area contributed by atoms with Crippen molar-refractivity contribution in [1.29, 1.82) is 5.26 Å². The van der Waals surface area contributed by atoms with Crippen LogP contribution < -0.4 is 20.7 Å². The third-order valence-corrected chi connectivity index (χ3v) is 15.7. The summed E-state index contributed by atoms with van der Waals surface area (Å²) in [6.07, 6.45) is 6.73. The summed E-state index contributed by atoms with van der Waals surface area (Å²) in [4.78, 5) is 79.9. The number of ether oxygens (including phenoxy) is 3. The van der Waals surface area contributed by atoms with Crippen molar-refractivity contribution in [2.45, 2.75) is 136 Å². The van der Waals surface area contributed by atoms with Gasteiger partial charge in [-0.1, -0.05) is 65.0 Å². The molecule has 1 spiro atoms. The van der Waals surface area contributed by atoms with Crippen LogP contribution in [-0.4, -0.2) is 129 Å². The van der Waals surface area contributed by atoms with Gasteiger partial charge in [0.05, 0.1) is 52.3 Å². The first-order valence-corrected chi connectivity index (χ1v) is 26.3. The molecule has 2 saturated heterocycles. The third-order valence-electron chi connectivity index (χ3n) is 15.7. The van der Waals surface area contributed by atoms with Gasteiger partial charge in [0.15, 0.2) is 0 Å². The molecule has 0 aromatic heterocycles. The maximum atomic E-state index is 14.8. The fourth-order valence-corrected chi connectivity index (χ4v) is 11.1. The van der Waals surface area contributed by atoms with E-state index in [1.807, 2.05) is 12.1 Å². The first-order valence-electron chi connectivity index (χ1n) is 26.3. The molecule has 0 saturated carbocycles. The number of benzene rings is 2. The van der Waals surface area contributed by atoms with Gasteiger partial charge in [-0.2, -0.15) is 5.26 Å². The quantitative estimate of drug-likeness (QED) is 0.136. The number of aliphatic imine (C=N–C) groups is 1. The summed E-state index contributed by atoms with van der Waals surface area (Å²) in [5.74, 6) is -7.06. The summed E-state index contributed by atoms with van der Waals surface area (Å²) < 4.78 is 18.4. The normalized spacial score (nSPS) is 29.0. The number of phenols is 1. The molecule has 9 rings (SSSR count). The minimum absolute atomic E-state index is 0.00937. The van der Waals surface area contributed by atoms with Crippen molar-refractivity contribution in [2.75, 3.05) is 38.0 Å².